The van der Waals surface area contributed by atoms with Gasteiger partial charge in [0.05, 0.1) is 0 Å². The van der Waals surface area contributed by atoms with E-state index in [1.807, 2.05) is 0 Å². The van der Waals surface area contributed by atoms with E-state index in [4.69, 9.17) is 5.73 Å². The van der Waals surface area contributed by atoms with Crippen molar-refractivity contribution in [2.75, 3.05) is 26.7 Å². The number of hydrogen-bond acceptors (Lipinski definition) is 3. The van der Waals surface area contributed by atoms with Gasteiger partial charge in [-0.1, -0.05) is 0 Å². The van der Waals surface area contributed by atoms with Gasteiger partial charge in [0.25, 0.3) is 0 Å². The van der Waals surface area contributed by atoms with Gasteiger partial charge >= 0.3 is 0 Å². The van der Waals surface area contributed by atoms with Crippen LogP contribution in [0.25, 0.3) is 0 Å². The highest BCUT2D eigenvalue weighted by Crippen LogP contribution is 2.22. The van der Waals surface area contributed by atoms with Gasteiger partial charge in [0, 0.05) is 12.1 Å². The zero-order chi connectivity index (χ0) is 10.7. The molecule has 0 amide bonds. The summed E-state index contributed by atoms with van der Waals surface area (Å²) in [6, 6.07) is 1.13. The number of piperidine rings is 1. The molecule has 0 aromatic heterocycles. The first-order chi connectivity index (χ1) is 7.25. The Balaban J connectivity index is 1.72. The van der Waals surface area contributed by atoms with Crippen LogP contribution in [0.2, 0.25) is 0 Å². The Kier molecular flexibility index (Phi) is 4.00. The van der Waals surface area contributed by atoms with E-state index in [2.05, 4.69) is 17.3 Å². The van der Waals surface area contributed by atoms with Crippen molar-refractivity contribution in [1.82, 2.24) is 10.2 Å². The maximum atomic E-state index is 6.32. The topological polar surface area (TPSA) is 41.3 Å². The van der Waals surface area contributed by atoms with E-state index in [1.54, 1.807) is 0 Å². The average Bonchev–Trinajstić information content (AvgIpc) is 2.71. The molecule has 2 saturated heterocycles. The van der Waals surface area contributed by atoms with Gasteiger partial charge in [0.2, 0.25) is 0 Å². The van der Waals surface area contributed by atoms with E-state index in [9.17, 15) is 0 Å². The molecule has 0 saturated carbocycles. The van der Waals surface area contributed by atoms with E-state index in [-0.39, 0.29) is 0 Å². The Labute approximate surface area is 93.4 Å². The van der Waals surface area contributed by atoms with Crippen LogP contribution in [0.3, 0.4) is 0 Å². The first-order valence-electron chi connectivity index (χ1n) is 6.43. The van der Waals surface area contributed by atoms with Gasteiger partial charge in [0.1, 0.15) is 0 Å². The van der Waals surface area contributed by atoms with Crippen LogP contribution in [0.15, 0.2) is 0 Å². The van der Waals surface area contributed by atoms with Gasteiger partial charge < -0.3 is 16.0 Å². The Hall–Kier alpha value is -0.120. The van der Waals surface area contributed by atoms with E-state index in [0.717, 1.165) is 5.92 Å². The van der Waals surface area contributed by atoms with Crippen LogP contribution in [-0.4, -0.2) is 43.7 Å². The van der Waals surface area contributed by atoms with Crippen LogP contribution in [0.4, 0.5) is 0 Å². The van der Waals surface area contributed by atoms with E-state index < -0.39 is 0 Å². The van der Waals surface area contributed by atoms with Crippen LogP contribution in [0, 0.1) is 5.92 Å². The molecule has 2 atom stereocenters. The molecule has 0 bridgehead atoms. The number of nitrogens with two attached hydrogens (primary N) is 1. The third kappa shape index (κ3) is 3.16. The normalized spacial score (nSPS) is 32.0. The van der Waals surface area contributed by atoms with Crippen molar-refractivity contribution in [3.05, 3.63) is 0 Å². The smallest absolute Gasteiger partial charge is 0.00829 e. The molecule has 3 heteroatoms. The second-order valence-electron chi connectivity index (χ2n) is 5.33. The number of rotatable bonds is 3. The summed E-state index contributed by atoms with van der Waals surface area (Å²) in [7, 11) is 2.21. The lowest BCUT2D eigenvalue weighted by molar-refractivity contribution is 0.191. The van der Waals surface area contributed by atoms with Crippen molar-refractivity contribution < 1.29 is 0 Å². The molecule has 0 radical (unpaired) electrons. The van der Waals surface area contributed by atoms with Crippen LogP contribution in [0.1, 0.15) is 32.1 Å². The summed E-state index contributed by atoms with van der Waals surface area (Å²) in [4.78, 5) is 2.41. The molecule has 0 aliphatic carbocycles. The average molecular weight is 211 g/mol. The molecular formula is C12H25N3. The predicted octanol–water partition coefficient (Wildman–Crippen LogP) is 0.798. The van der Waals surface area contributed by atoms with Crippen LogP contribution in [0.5, 0.6) is 0 Å². The molecule has 2 heterocycles. The van der Waals surface area contributed by atoms with E-state index in [0.29, 0.717) is 12.1 Å². The molecule has 0 aromatic carbocycles. The minimum absolute atomic E-state index is 0.425. The Morgan fingerprint density at radius 1 is 1.33 bits per heavy atom. The predicted molar refractivity (Wildman–Crippen MR) is 63.8 cm³/mol. The molecule has 15 heavy (non-hydrogen) atoms. The highest BCUT2D eigenvalue weighted by molar-refractivity contribution is 4.85. The van der Waals surface area contributed by atoms with Gasteiger partial charge in [-0.25, -0.2) is 0 Å². The summed E-state index contributed by atoms with van der Waals surface area (Å²) in [6.07, 6.45) is 6.45. The molecule has 0 aromatic rings. The van der Waals surface area contributed by atoms with Crippen molar-refractivity contribution in [3.63, 3.8) is 0 Å². The lowest BCUT2D eigenvalue weighted by Gasteiger charge is -2.33. The second-order valence-corrected chi connectivity index (χ2v) is 5.33. The molecule has 2 rings (SSSR count). The van der Waals surface area contributed by atoms with Crippen LogP contribution < -0.4 is 11.1 Å². The third-order valence-corrected chi connectivity index (χ3v) is 4.09. The zero-order valence-corrected chi connectivity index (χ0v) is 9.91. The van der Waals surface area contributed by atoms with Gasteiger partial charge in [-0.2, -0.15) is 0 Å². The van der Waals surface area contributed by atoms with Crippen molar-refractivity contribution in [3.8, 4) is 0 Å². The largest absolute Gasteiger partial charge is 0.327 e. The van der Waals surface area contributed by atoms with Crippen molar-refractivity contribution in [2.24, 2.45) is 11.7 Å². The molecule has 88 valence electrons. The van der Waals surface area contributed by atoms with Gasteiger partial charge in [-0.05, 0) is 64.7 Å². The molecule has 2 unspecified atom stereocenters. The molecular weight excluding hydrogens is 186 g/mol. The monoisotopic (exact) mass is 211 g/mol. The summed E-state index contributed by atoms with van der Waals surface area (Å²) in [5, 5.41) is 3.54. The minimum atomic E-state index is 0.425. The van der Waals surface area contributed by atoms with Crippen molar-refractivity contribution >= 4 is 0 Å². The van der Waals surface area contributed by atoms with E-state index >= 15 is 0 Å². The Morgan fingerprint density at radius 2 is 2.07 bits per heavy atom. The standard InChI is InChI=1S/C12H25N3/c1-15-7-4-10(5-8-15)12(13)9-11-3-2-6-14-11/h10-12,14H,2-9,13H2,1H3. The van der Waals surface area contributed by atoms with Crippen LogP contribution >= 0.6 is 0 Å². The van der Waals surface area contributed by atoms with Crippen LogP contribution in [-0.2, 0) is 0 Å². The third-order valence-electron chi connectivity index (χ3n) is 4.09. The van der Waals surface area contributed by atoms with E-state index in [1.165, 1.54) is 51.7 Å². The first kappa shape index (κ1) is 11.4. The van der Waals surface area contributed by atoms with Gasteiger partial charge in [-0.3, -0.25) is 0 Å². The fraction of sp³-hybridized carbons (Fsp3) is 1.00. The SMILES string of the molecule is CN1CCC(C(N)CC2CCCN2)CC1. The lowest BCUT2D eigenvalue weighted by atomic mass is 9.86. The minimum Gasteiger partial charge on any atom is -0.327 e. The maximum Gasteiger partial charge on any atom is 0.00829 e. The van der Waals surface area contributed by atoms with Gasteiger partial charge in [-0.15, -0.1) is 0 Å². The molecule has 0 spiro atoms. The lowest BCUT2D eigenvalue weighted by Crippen LogP contribution is -2.42. The quantitative estimate of drug-likeness (QED) is 0.725. The number of nitrogens with one attached hydrogen (secondary N) is 1. The number of hydrogen-bond donors (Lipinski definition) is 2. The Bertz CT molecular complexity index is 181. The Morgan fingerprint density at radius 3 is 2.67 bits per heavy atom. The molecule has 2 aliphatic rings. The van der Waals surface area contributed by atoms with Crippen molar-refractivity contribution in [2.45, 2.75) is 44.2 Å². The fourth-order valence-electron chi connectivity index (χ4n) is 2.94. The first-order valence-corrected chi connectivity index (χ1v) is 6.43. The second kappa shape index (κ2) is 5.28. The summed E-state index contributed by atoms with van der Waals surface area (Å²) >= 11 is 0. The number of nitrogens with zero attached hydrogens (tertiary/aromatic N) is 1. The molecule has 3 nitrogen and oxygen atoms in total. The highest BCUT2D eigenvalue weighted by atomic mass is 15.1. The summed E-state index contributed by atoms with van der Waals surface area (Å²) in [5.74, 6) is 0.767. The number of likely N-dealkylation sites (tertiary alicyclic amines) is 1. The summed E-state index contributed by atoms with van der Waals surface area (Å²) in [5.41, 5.74) is 6.32. The maximum absolute atomic E-state index is 6.32. The molecule has 2 fully saturated rings. The summed E-state index contributed by atoms with van der Waals surface area (Å²) < 4.78 is 0. The highest BCUT2D eigenvalue weighted by Gasteiger charge is 2.25. The zero-order valence-electron chi connectivity index (χ0n) is 9.91. The van der Waals surface area contributed by atoms with Gasteiger partial charge in [0.15, 0.2) is 0 Å². The molecule has 3 N–H and O–H groups in total. The van der Waals surface area contributed by atoms with Crippen molar-refractivity contribution in [1.29, 1.82) is 0 Å². The molecule has 2 aliphatic heterocycles. The fourth-order valence-corrected chi connectivity index (χ4v) is 2.94. The summed E-state index contributed by atoms with van der Waals surface area (Å²) in [6.45, 7) is 3.66.